The number of aromatic nitrogens is 2. The van der Waals surface area contributed by atoms with Crippen LogP contribution in [0.5, 0.6) is 5.75 Å². The molecule has 232 valence electrons. The number of hydrogen-bond donors (Lipinski definition) is 1. The molecular formula is C34H24Cl3N3O4S2. The van der Waals surface area contributed by atoms with Crippen molar-refractivity contribution in [1.82, 2.24) is 10.2 Å². The molecule has 1 fully saturated rings. The summed E-state index contributed by atoms with van der Waals surface area (Å²) in [6, 6.07) is 25.7. The van der Waals surface area contributed by atoms with Crippen molar-refractivity contribution in [2.24, 2.45) is 0 Å². The number of aliphatic hydroxyl groups excluding tert-OH is 1. The Morgan fingerprint density at radius 2 is 1.63 bits per heavy atom. The standard InChI is InChI=1S/C34H24Cl3N3O4S2/c1-19-4-2-3-5-22(19)17-44-26-14-9-21(10-15-26)30(41)28-29(20-6-11-24(35)12-7-20)40(32(43)31(28)42)33-38-39-34(46-33)45-18-23-8-13-25(36)16-27(23)37/h2-16,29,41H,17-18H2,1H3. The number of ether oxygens (including phenoxy) is 1. The van der Waals surface area contributed by atoms with Crippen LogP contribution in [-0.4, -0.2) is 27.0 Å². The Labute approximate surface area is 288 Å². The molecule has 1 aliphatic heterocycles. The SMILES string of the molecule is Cc1ccccc1COc1ccc(C(O)=C2C(=O)C(=O)N(c3nnc(SCc4ccc(Cl)cc4Cl)s3)C2c2ccc(Cl)cc2)cc1. The van der Waals surface area contributed by atoms with Gasteiger partial charge in [0.05, 0.1) is 11.6 Å². The second kappa shape index (κ2) is 13.9. The van der Waals surface area contributed by atoms with Crippen LogP contribution >= 0.6 is 57.9 Å². The zero-order chi connectivity index (χ0) is 32.4. The molecule has 5 aromatic rings. The predicted molar refractivity (Wildman–Crippen MR) is 184 cm³/mol. The summed E-state index contributed by atoms with van der Waals surface area (Å²) in [4.78, 5) is 28.4. The molecule has 7 nitrogen and oxygen atoms in total. The van der Waals surface area contributed by atoms with Crippen molar-refractivity contribution in [2.45, 2.75) is 29.7 Å². The van der Waals surface area contributed by atoms with Crippen LogP contribution in [0, 0.1) is 6.92 Å². The summed E-state index contributed by atoms with van der Waals surface area (Å²) in [6.45, 7) is 2.40. The molecule has 1 atom stereocenters. The van der Waals surface area contributed by atoms with Crippen molar-refractivity contribution in [3.05, 3.63) is 139 Å². The monoisotopic (exact) mass is 707 g/mol. The van der Waals surface area contributed by atoms with Crippen molar-refractivity contribution in [1.29, 1.82) is 0 Å². The number of benzene rings is 4. The van der Waals surface area contributed by atoms with Gasteiger partial charge in [-0.25, -0.2) is 0 Å². The molecule has 1 amide bonds. The molecule has 46 heavy (non-hydrogen) atoms. The summed E-state index contributed by atoms with van der Waals surface area (Å²) in [6.07, 6.45) is 0. The average Bonchev–Trinajstić information content (AvgIpc) is 3.62. The molecule has 0 saturated carbocycles. The van der Waals surface area contributed by atoms with E-state index < -0.39 is 17.7 Å². The van der Waals surface area contributed by atoms with E-state index in [9.17, 15) is 14.7 Å². The molecule has 0 radical (unpaired) electrons. The Bertz CT molecular complexity index is 1960. The summed E-state index contributed by atoms with van der Waals surface area (Å²) in [5.74, 6) is -0.895. The van der Waals surface area contributed by atoms with Gasteiger partial charge in [0.25, 0.3) is 5.78 Å². The van der Waals surface area contributed by atoms with Crippen LogP contribution in [0.4, 0.5) is 5.13 Å². The number of carbonyl (C=O) groups excluding carboxylic acids is 2. The Morgan fingerprint density at radius 3 is 2.35 bits per heavy atom. The Balaban J connectivity index is 1.29. The molecule has 1 unspecified atom stereocenters. The number of nitrogens with zero attached hydrogens (tertiary/aromatic N) is 3. The number of aliphatic hydroxyl groups is 1. The van der Waals surface area contributed by atoms with E-state index in [2.05, 4.69) is 10.2 Å². The third-order valence-corrected chi connectivity index (χ3v) is 10.3. The maximum atomic E-state index is 13.6. The van der Waals surface area contributed by atoms with Crippen LogP contribution in [0.2, 0.25) is 15.1 Å². The Hall–Kier alpha value is -3.86. The van der Waals surface area contributed by atoms with E-state index in [1.165, 1.54) is 16.7 Å². The average molecular weight is 709 g/mol. The number of Topliss-reactive ketones (excluding diaryl/α,β-unsaturated/α-hetero) is 1. The van der Waals surface area contributed by atoms with Gasteiger partial charge in [-0.3, -0.25) is 14.5 Å². The smallest absolute Gasteiger partial charge is 0.301 e. The van der Waals surface area contributed by atoms with Gasteiger partial charge in [-0.15, -0.1) is 10.2 Å². The van der Waals surface area contributed by atoms with Gasteiger partial charge < -0.3 is 9.84 Å². The molecule has 2 heterocycles. The van der Waals surface area contributed by atoms with Gasteiger partial charge in [-0.05, 0) is 77.7 Å². The highest BCUT2D eigenvalue weighted by Crippen LogP contribution is 2.44. The number of rotatable bonds is 9. The third kappa shape index (κ3) is 6.79. The maximum Gasteiger partial charge on any atom is 0.301 e. The summed E-state index contributed by atoms with van der Waals surface area (Å²) >= 11 is 21.0. The maximum absolute atomic E-state index is 13.6. The summed E-state index contributed by atoms with van der Waals surface area (Å²) in [5.41, 5.74) is 3.90. The fourth-order valence-electron chi connectivity index (χ4n) is 4.92. The first-order valence-corrected chi connectivity index (χ1v) is 16.9. The molecule has 6 rings (SSSR count). The lowest BCUT2D eigenvalue weighted by Gasteiger charge is -2.22. The van der Waals surface area contributed by atoms with Gasteiger partial charge in [0.15, 0.2) is 4.34 Å². The third-order valence-electron chi connectivity index (χ3n) is 7.38. The van der Waals surface area contributed by atoms with E-state index >= 15 is 0 Å². The zero-order valence-electron chi connectivity index (χ0n) is 24.1. The highest BCUT2D eigenvalue weighted by atomic mass is 35.5. The summed E-state index contributed by atoms with van der Waals surface area (Å²) in [5, 5.41) is 21.8. The number of hydrogen-bond acceptors (Lipinski definition) is 8. The molecule has 0 bridgehead atoms. The topological polar surface area (TPSA) is 92.6 Å². The van der Waals surface area contributed by atoms with Crippen LogP contribution in [0.15, 0.2) is 101 Å². The van der Waals surface area contributed by atoms with Crippen LogP contribution in [0.1, 0.15) is 33.9 Å². The summed E-state index contributed by atoms with van der Waals surface area (Å²) < 4.78 is 6.51. The molecule has 0 aliphatic carbocycles. The van der Waals surface area contributed by atoms with E-state index in [0.29, 0.717) is 48.6 Å². The van der Waals surface area contributed by atoms with E-state index in [0.717, 1.165) is 28.0 Å². The second-order valence-corrected chi connectivity index (χ2v) is 13.8. The van der Waals surface area contributed by atoms with Crippen LogP contribution in [0.3, 0.4) is 0 Å². The molecule has 1 aromatic heterocycles. The highest BCUT2D eigenvalue weighted by Gasteiger charge is 2.48. The number of thioether (sulfide) groups is 1. The first-order chi connectivity index (χ1) is 22.2. The number of carbonyl (C=O) groups is 2. The predicted octanol–water partition coefficient (Wildman–Crippen LogP) is 9.30. The van der Waals surface area contributed by atoms with Crippen LogP contribution < -0.4 is 9.64 Å². The number of aryl methyl sites for hydroxylation is 1. The Kier molecular flexibility index (Phi) is 9.67. The number of anilines is 1. The van der Waals surface area contributed by atoms with E-state index in [-0.39, 0.29) is 16.5 Å². The van der Waals surface area contributed by atoms with Crippen molar-refractivity contribution in [3.8, 4) is 5.75 Å². The molecule has 1 aliphatic rings. The Morgan fingerprint density at radius 1 is 0.913 bits per heavy atom. The molecule has 4 aromatic carbocycles. The fourth-order valence-corrected chi connectivity index (χ4v) is 7.48. The normalized spacial score (nSPS) is 15.8. The lowest BCUT2D eigenvalue weighted by atomic mass is 9.95. The zero-order valence-corrected chi connectivity index (χ0v) is 28.0. The molecule has 0 spiro atoms. The van der Waals surface area contributed by atoms with Gasteiger partial charge in [0, 0.05) is 26.4 Å². The van der Waals surface area contributed by atoms with Crippen molar-refractivity contribution in [2.75, 3.05) is 4.90 Å². The largest absolute Gasteiger partial charge is 0.507 e. The number of halogens is 3. The molecule has 1 saturated heterocycles. The van der Waals surface area contributed by atoms with Gasteiger partial charge in [-0.2, -0.15) is 0 Å². The first kappa shape index (κ1) is 32.1. The van der Waals surface area contributed by atoms with Crippen LogP contribution in [0.25, 0.3) is 5.76 Å². The van der Waals surface area contributed by atoms with Crippen LogP contribution in [-0.2, 0) is 21.9 Å². The lowest BCUT2D eigenvalue weighted by molar-refractivity contribution is -0.132. The summed E-state index contributed by atoms with van der Waals surface area (Å²) in [7, 11) is 0. The molecular weight excluding hydrogens is 685 g/mol. The van der Waals surface area contributed by atoms with Gasteiger partial charge in [0.2, 0.25) is 5.13 Å². The van der Waals surface area contributed by atoms with Gasteiger partial charge in [-0.1, -0.05) is 100 Å². The van der Waals surface area contributed by atoms with Crippen molar-refractivity contribution in [3.63, 3.8) is 0 Å². The van der Waals surface area contributed by atoms with Gasteiger partial charge in [0.1, 0.15) is 18.1 Å². The van der Waals surface area contributed by atoms with Crippen molar-refractivity contribution < 1.29 is 19.4 Å². The highest BCUT2D eigenvalue weighted by molar-refractivity contribution is 8.00. The quantitative estimate of drug-likeness (QED) is 0.0537. The first-order valence-electron chi connectivity index (χ1n) is 13.9. The van der Waals surface area contributed by atoms with E-state index in [1.54, 1.807) is 60.7 Å². The lowest BCUT2D eigenvalue weighted by Crippen LogP contribution is -2.29. The number of ketones is 1. The minimum Gasteiger partial charge on any atom is -0.507 e. The van der Waals surface area contributed by atoms with Gasteiger partial charge >= 0.3 is 5.91 Å². The molecule has 1 N–H and O–H groups in total. The molecule has 12 heteroatoms. The second-order valence-electron chi connectivity index (χ2n) is 10.3. The van der Waals surface area contributed by atoms with Crippen molar-refractivity contribution >= 4 is 80.5 Å². The van der Waals surface area contributed by atoms with E-state index in [4.69, 9.17) is 39.5 Å². The van der Waals surface area contributed by atoms with E-state index in [1.807, 2.05) is 37.3 Å². The minimum absolute atomic E-state index is 0.0711. The number of amides is 1. The minimum atomic E-state index is -0.967. The fraction of sp³-hybridized carbons (Fsp3) is 0.118.